The number of rotatable bonds is 6. The molecule has 1 heterocycles. The van der Waals surface area contributed by atoms with Gasteiger partial charge in [-0.2, -0.15) is 0 Å². The molecule has 0 aromatic heterocycles. The van der Waals surface area contributed by atoms with Gasteiger partial charge in [0.15, 0.2) is 5.11 Å². The van der Waals surface area contributed by atoms with Crippen LogP contribution >= 0.6 is 12.2 Å². The van der Waals surface area contributed by atoms with Crippen molar-refractivity contribution in [3.05, 3.63) is 42.5 Å². The molecular formula is C19H24N4O3S2. The van der Waals surface area contributed by atoms with E-state index >= 15 is 0 Å². The van der Waals surface area contributed by atoms with Crippen LogP contribution in [0.2, 0.25) is 0 Å². The van der Waals surface area contributed by atoms with E-state index in [1.807, 2.05) is 12.1 Å². The highest BCUT2D eigenvalue weighted by Crippen LogP contribution is 2.33. The van der Waals surface area contributed by atoms with Crippen molar-refractivity contribution in [2.24, 2.45) is 0 Å². The molecule has 0 radical (unpaired) electrons. The average molecular weight is 421 g/mol. The van der Waals surface area contributed by atoms with Crippen molar-refractivity contribution in [3.8, 4) is 5.75 Å². The van der Waals surface area contributed by atoms with Crippen LogP contribution in [-0.2, 0) is 10.0 Å². The minimum absolute atomic E-state index is 0.198. The fraction of sp³-hybridized carbons (Fsp3) is 0.316. The second-order valence-electron chi connectivity index (χ2n) is 6.39. The number of hydrogen-bond acceptors (Lipinski definition) is 5. The molecule has 3 N–H and O–H groups in total. The summed E-state index contributed by atoms with van der Waals surface area (Å²) in [6.07, 6.45) is 2.09. The van der Waals surface area contributed by atoms with Crippen LogP contribution in [0.25, 0.3) is 0 Å². The minimum Gasteiger partial charge on any atom is -0.495 e. The van der Waals surface area contributed by atoms with Gasteiger partial charge in [-0.25, -0.2) is 8.42 Å². The summed E-state index contributed by atoms with van der Waals surface area (Å²) in [5.74, 6) is 0.458. The van der Waals surface area contributed by atoms with Crippen molar-refractivity contribution < 1.29 is 13.2 Å². The Morgan fingerprint density at radius 2 is 1.86 bits per heavy atom. The first-order valence-electron chi connectivity index (χ1n) is 8.98. The van der Waals surface area contributed by atoms with Crippen molar-refractivity contribution in [1.29, 1.82) is 0 Å². The molecule has 0 spiro atoms. The molecule has 0 atom stereocenters. The average Bonchev–Trinajstić information content (AvgIpc) is 3.22. The van der Waals surface area contributed by atoms with Gasteiger partial charge < -0.3 is 20.3 Å². The van der Waals surface area contributed by atoms with Gasteiger partial charge in [-0.05, 0) is 55.4 Å². The number of ether oxygens (including phenoxy) is 1. The van der Waals surface area contributed by atoms with E-state index in [-0.39, 0.29) is 4.90 Å². The zero-order valence-electron chi connectivity index (χ0n) is 15.9. The highest BCUT2D eigenvalue weighted by molar-refractivity contribution is 7.93. The third-order valence-electron chi connectivity index (χ3n) is 4.53. The Balaban J connectivity index is 2.02. The number of benzene rings is 2. The molecule has 0 aliphatic carbocycles. The first-order valence-corrected chi connectivity index (χ1v) is 10.9. The molecule has 1 aliphatic rings. The monoisotopic (exact) mass is 420 g/mol. The van der Waals surface area contributed by atoms with Crippen LogP contribution in [0.1, 0.15) is 12.8 Å². The quantitative estimate of drug-likeness (QED) is 0.620. The molecule has 28 heavy (non-hydrogen) atoms. The summed E-state index contributed by atoms with van der Waals surface area (Å²) < 4.78 is 34.5. The second-order valence-corrected chi connectivity index (χ2v) is 8.45. The topological polar surface area (TPSA) is 82.7 Å². The van der Waals surface area contributed by atoms with E-state index in [0.717, 1.165) is 25.9 Å². The Morgan fingerprint density at radius 1 is 1.14 bits per heavy atom. The smallest absolute Gasteiger partial charge is 0.264 e. The molecule has 0 amide bonds. The van der Waals surface area contributed by atoms with Gasteiger partial charge in [-0.3, -0.25) is 4.72 Å². The van der Waals surface area contributed by atoms with E-state index in [1.54, 1.807) is 37.4 Å². The van der Waals surface area contributed by atoms with Gasteiger partial charge >= 0.3 is 0 Å². The van der Waals surface area contributed by atoms with Gasteiger partial charge in [0.2, 0.25) is 0 Å². The maximum atomic E-state index is 13.3. The molecule has 1 saturated heterocycles. The highest BCUT2D eigenvalue weighted by atomic mass is 32.2. The predicted octanol–water partition coefficient (Wildman–Crippen LogP) is 3.01. The standard InChI is InChI=1S/C19H24N4O3S2/c1-20-19(27)21-14-9-10-16(23-11-5-6-12-23)18(13-14)28(24,25)22-15-7-3-4-8-17(15)26-2/h3-4,7-10,13,22H,5-6,11-12H2,1-2H3,(H2,20,21,27). The first kappa shape index (κ1) is 20.2. The lowest BCUT2D eigenvalue weighted by Crippen LogP contribution is -2.25. The zero-order valence-corrected chi connectivity index (χ0v) is 17.5. The summed E-state index contributed by atoms with van der Waals surface area (Å²) in [5, 5.41) is 6.23. The van der Waals surface area contributed by atoms with E-state index in [1.165, 1.54) is 7.11 Å². The number of sulfonamides is 1. The van der Waals surface area contributed by atoms with Gasteiger partial charge in [-0.1, -0.05) is 12.1 Å². The summed E-state index contributed by atoms with van der Waals surface area (Å²) in [6, 6.07) is 12.2. The molecule has 2 aromatic rings. The Labute approximate surface area is 171 Å². The number of nitrogens with zero attached hydrogens (tertiary/aromatic N) is 1. The SMILES string of the molecule is CNC(=S)Nc1ccc(N2CCCC2)c(S(=O)(=O)Nc2ccccc2OC)c1. The molecule has 1 aliphatic heterocycles. The molecule has 1 fully saturated rings. The highest BCUT2D eigenvalue weighted by Gasteiger charge is 2.25. The summed E-state index contributed by atoms with van der Waals surface area (Å²) >= 11 is 5.14. The Hall–Kier alpha value is -2.52. The van der Waals surface area contributed by atoms with Gasteiger partial charge in [0.05, 0.1) is 18.5 Å². The molecule has 3 rings (SSSR count). The van der Waals surface area contributed by atoms with Gasteiger partial charge in [0, 0.05) is 25.8 Å². The van der Waals surface area contributed by atoms with Gasteiger partial charge in [-0.15, -0.1) is 0 Å². The maximum absolute atomic E-state index is 13.3. The van der Waals surface area contributed by atoms with Crippen LogP contribution in [0.3, 0.4) is 0 Å². The van der Waals surface area contributed by atoms with Crippen molar-refractivity contribution in [3.63, 3.8) is 0 Å². The largest absolute Gasteiger partial charge is 0.495 e. The van der Waals surface area contributed by atoms with Crippen LogP contribution < -0.4 is 25.0 Å². The van der Waals surface area contributed by atoms with Crippen molar-refractivity contribution in [1.82, 2.24) is 5.32 Å². The molecular weight excluding hydrogens is 396 g/mol. The molecule has 7 nitrogen and oxygen atoms in total. The van der Waals surface area contributed by atoms with E-state index in [4.69, 9.17) is 17.0 Å². The van der Waals surface area contributed by atoms with Crippen molar-refractivity contribution in [2.45, 2.75) is 17.7 Å². The molecule has 0 unspecified atom stereocenters. The molecule has 2 aromatic carbocycles. The third kappa shape index (κ3) is 4.48. The second kappa shape index (κ2) is 8.66. The third-order valence-corrected chi connectivity index (χ3v) is 6.23. The zero-order chi connectivity index (χ0) is 20.1. The molecule has 150 valence electrons. The van der Waals surface area contributed by atoms with E-state index in [0.29, 0.717) is 27.9 Å². The molecule has 9 heteroatoms. The lowest BCUT2D eigenvalue weighted by Gasteiger charge is -2.23. The van der Waals surface area contributed by atoms with Gasteiger partial charge in [0.25, 0.3) is 10.0 Å². The van der Waals surface area contributed by atoms with Crippen molar-refractivity contribution in [2.75, 3.05) is 42.2 Å². The lowest BCUT2D eigenvalue weighted by molar-refractivity contribution is 0.417. The fourth-order valence-corrected chi connectivity index (χ4v) is 4.59. The van der Waals surface area contributed by atoms with Crippen LogP contribution in [0, 0.1) is 0 Å². The first-order chi connectivity index (χ1) is 13.4. The van der Waals surface area contributed by atoms with Crippen LogP contribution in [0.5, 0.6) is 5.75 Å². The number of para-hydroxylation sites is 2. The van der Waals surface area contributed by atoms with E-state index in [2.05, 4.69) is 20.3 Å². The van der Waals surface area contributed by atoms with Crippen LogP contribution in [0.4, 0.5) is 17.1 Å². The molecule has 0 saturated carbocycles. The summed E-state index contributed by atoms with van der Waals surface area (Å²) in [5.41, 5.74) is 1.67. The van der Waals surface area contributed by atoms with Gasteiger partial charge in [0.1, 0.15) is 10.6 Å². The van der Waals surface area contributed by atoms with E-state index in [9.17, 15) is 8.42 Å². The normalized spacial score (nSPS) is 13.9. The van der Waals surface area contributed by atoms with Crippen LogP contribution in [0.15, 0.2) is 47.4 Å². The number of nitrogens with one attached hydrogen (secondary N) is 3. The summed E-state index contributed by atoms with van der Waals surface area (Å²) in [4.78, 5) is 2.29. The summed E-state index contributed by atoms with van der Waals surface area (Å²) in [6.45, 7) is 1.66. The van der Waals surface area contributed by atoms with E-state index < -0.39 is 10.0 Å². The maximum Gasteiger partial charge on any atom is 0.264 e. The Bertz CT molecular complexity index is 957. The number of hydrogen-bond donors (Lipinski definition) is 3. The number of methoxy groups -OCH3 is 1. The Kier molecular flexibility index (Phi) is 6.25. The Morgan fingerprint density at radius 3 is 2.54 bits per heavy atom. The fourth-order valence-electron chi connectivity index (χ4n) is 3.15. The summed E-state index contributed by atoms with van der Waals surface area (Å²) in [7, 11) is -0.645. The van der Waals surface area contributed by atoms with Crippen molar-refractivity contribution >= 4 is 44.4 Å². The van der Waals surface area contributed by atoms with Crippen LogP contribution in [-0.4, -0.2) is 40.8 Å². The number of thiocarbonyl (C=S) groups is 1. The minimum atomic E-state index is -3.85. The number of anilines is 3. The molecule has 0 bridgehead atoms. The lowest BCUT2D eigenvalue weighted by atomic mass is 10.2. The predicted molar refractivity (Wildman–Crippen MR) is 117 cm³/mol.